The fraction of sp³-hybridized carbons (Fsp3) is 0.188. The number of aryl methyl sites for hydroxylation is 2. The molecule has 3 aromatic rings. The summed E-state index contributed by atoms with van der Waals surface area (Å²) in [4.78, 5) is 4.44. The Morgan fingerprint density at radius 1 is 1.15 bits per heavy atom. The summed E-state index contributed by atoms with van der Waals surface area (Å²) in [5, 5.41) is 4.44. The average molecular weight is 286 g/mol. The standard InChI is InChI=1S/C16H15FN2S/c1-10-7-12(3-5-14(10)17)9-18-13-4-6-15-16(8-13)20-11(2)19-15/h3-8,18H,9H2,1-2H3. The first-order chi connectivity index (χ1) is 9.61. The average Bonchev–Trinajstić information content (AvgIpc) is 2.79. The predicted octanol–water partition coefficient (Wildman–Crippen LogP) is 4.66. The van der Waals surface area contributed by atoms with Gasteiger partial charge in [-0.05, 0) is 49.2 Å². The maximum atomic E-state index is 13.2. The molecular weight excluding hydrogens is 271 g/mol. The summed E-state index contributed by atoms with van der Waals surface area (Å²) in [7, 11) is 0. The lowest BCUT2D eigenvalue weighted by atomic mass is 10.1. The molecule has 0 saturated carbocycles. The number of nitrogens with zero attached hydrogens (tertiary/aromatic N) is 1. The molecule has 0 radical (unpaired) electrons. The number of hydrogen-bond acceptors (Lipinski definition) is 3. The van der Waals surface area contributed by atoms with Crippen LogP contribution in [0.25, 0.3) is 10.2 Å². The Bertz CT molecular complexity index is 764. The highest BCUT2D eigenvalue weighted by atomic mass is 32.1. The van der Waals surface area contributed by atoms with Crippen molar-refractivity contribution in [3.05, 3.63) is 58.3 Å². The van der Waals surface area contributed by atoms with Crippen molar-refractivity contribution in [2.24, 2.45) is 0 Å². The van der Waals surface area contributed by atoms with Gasteiger partial charge in [-0.15, -0.1) is 11.3 Å². The van der Waals surface area contributed by atoms with Gasteiger partial charge in [0.05, 0.1) is 15.2 Å². The molecule has 3 rings (SSSR count). The minimum absolute atomic E-state index is 0.157. The van der Waals surface area contributed by atoms with E-state index in [1.807, 2.05) is 31.2 Å². The van der Waals surface area contributed by atoms with Gasteiger partial charge >= 0.3 is 0 Å². The van der Waals surface area contributed by atoms with Crippen molar-refractivity contribution in [1.82, 2.24) is 4.98 Å². The largest absolute Gasteiger partial charge is 0.381 e. The third-order valence-corrected chi connectivity index (χ3v) is 4.15. The Morgan fingerprint density at radius 2 is 2.00 bits per heavy atom. The van der Waals surface area contributed by atoms with Crippen LogP contribution in [-0.2, 0) is 6.54 Å². The summed E-state index contributed by atoms with van der Waals surface area (Å²) >= 11 is 1.69. The summed E-state index contributed by atoms with van der Waals surface area (Å²) in [6, 6.07) is 11.4. The Hall–Kier alpha value is -1.94. The van der Waals surface area contributed by atoms with Crippen LogP contribution in [0.3, 0.4) is 0 Å². The molecule has 0 aliphatic carbocycles. The Balaban J connectivity index is 1.77. The van der Waals surface area contributed by atoms with Crippen LogP contribution in [0.4, 0.5) is 10.1 Å². The van der Waals surface area contributed by atoms with E-state index in [1.54, 1.807) is 18.3 Å². The first-order valence-corrected chi connectivity index (χ1v) is 7.29. The zero-order valence-corrected chi connectivity index (χ0v) is 12.2. The van der Waals surface area contributed by atoms with Crippen LogP contribution in [0.15, 0.2) is 36.4 Å². The molecule has 0 fully saturated rings. The van der Waals surface area contributed by atoms with Gasteiger partial charge in [0.2, 0.25) is 0 Å². The second kappa shape index (κ2) is 5.21. The number of halogens is 1. The number of rotatable bonds is 3. The maximum absolute atomic E-state index is 13.2. The highest BCUT2D eigenvalue weighted by molar-refractivity contribution is 7.18. The highest BCUT2D eigenvalue weighted by Gasteiger charge is 2.03. The molecule has 4 heteroatoms. The van der Waals surface area contributed by atoms with Crippen LogP contribution in [-0.4, -0.2) is 4.98 Å². The lowest BCUT2D eigenvalue weighted by Gasteiger charge is -2.07. The van der Waals surface area contributed by atoms with E-state index in [4.69, 9.17) is 0 Å². The molecule has 2 aromatic carbocycles. The smallest absolute Gasteiger partial charge is 0.126 e. The molecular formula is C16H15FN2S. The fourth-order valence-corrected chi connectivity index (χ4v) is 3.04. The number of benzene rings is 2. The SMILES string of the molecule is Cc1nc2ccc(NCc3ccc(F)c(C)c3)cc2s1. The number of fused-ring (bicyclic) bond motifs is 1. The topological polar surface area (TPSA) is 24.9 Å². The number of anilines is 1. The lowest BCUT2D eigenvalue weighted by molar-refractivity contribution is 0.617. The quantitative estimate of drug-likeness (QED) is 0.757. The van der Waals surface area contributed by atoms with Gasteiger partial charge < -0.3 is 5.32 Å². The zero-order chi connectivity index (χ0) is 14.1. The van der Waals surface area contributed by atoms with Crippen LogP contribution in [0.2, 0.25) is 0 Å². The third-order valence-electron chi connectivity index (χ3n) is 3.21. The molecule has 20 heavy (non-hydrogen) atoms. The van der Waals surface area contributed by atoms with E-state index in [0.717, 1.165) is 21.8 Å². The van der Waals surface area contributed by atoms with Gasteiger partial charge in [0.15, 0.2) is 0 Å². The molecule has 102 valence electrons. The molecule has 1 heterocycles. The van der Waals surface area contributed by atoms with Crippen LogP contribution >= 0.6 is 11.3 Å². The Kier molecular flexibility index (Phi) is 3.40. The highest BCUT2D eigenvalue weighted by Crippen LogP contribution is 2.25. The molecule has 0 aliphatic rings. The molecule has 0 atom stereocenters. The fourth-order valence-electron chi connectivity index (χ4n) is 2.17. The van der Waals surface area contributed by atoms with Gasteiger partial charge in [0.1, 0.15) is 5.82 Å². The first kappa shape index (κ1) is 13.1. The molecule has 0 aliphatic heterocycles. The van der Waals surface area contributed by atoms with E-state index in [0.29, 0.717) is 12.1 Å². The molecule has 0 bridgehead atoms. The van der Waals surface area contributed by atoms with Gasteiger partial charge in [-0.2, -0.15) is 0 Å². The minimum Gasteiger partial charge on any atom is -0.381 e. The van der Waals surface area contributed by atoms with Crippen molar-refractivity contribution in [3.8, 4) is 0 Å². The van der Waals surface area contributed by atoms with Crippen molar-refractivity contribution in [2.45, 2.75) is 20.4 Å². The second-order valence-corrected chi connectivity index (χ2v) is 6.09. The first-order valence-electron chi connectivity index (χ1n) is 6.48. The van der Waals surface area contributed by atoms with Gasteiger partial charge in [-0.1, -0.05) is 12.1 Å². The predicted molar refractivity (Wildman–Crippen MR) is 82.8 cm³/mol. The van der Waals surface area contributed by atoms with Gasteiger partial charge in [-0.3, -0.25) is 0 Å². The summed E-state index contributed by atoms with van der Waals surface area (Å²) < 4.78 is 14.4. The zero-order valence-electron chi connectivity index (χ0n) is 11.4. The second-order valence-electron chi connectivity index (χ2n) is 4.85. The van der Waals surface area contributed by atoms with E-state index in [-0.39, 0.29) is 5.82 Å². The third kappa shape index (κ3) is 2.65. The van der Waals surface area contributed by atoms with Crippen molar-refractivity contribution in [1.29, 1.82) is 0 Å². The molecule has 0 amide bonds. The number of thiazole rings is 1. The molecule has 0 saturated heterocycles. The van der Waals surface area contributed by atoms with Crippen LogP contribution in [0, 0.1) is 19.7 Å². The van der Waals surface area contributed by atoms with Gasteiger partial charge in [-0.25, -0.2) is 9.37 Å². The lowest BCUT2D eigenvalue weighted by Crippen LogP contribution is -2.00. The van der Waals surface area contributed by atoms with E-state index in [2.05, 4.69) is 16.4 Å². The summed E-state index contributed by atoms with van der Waals surface area (Å²) in [6.45, 7) is 4.48. The Morgan fingerprint density at radius 3 is 2.80 bits per heavy atom. The number of aromatic nitrogens is 1. The molecule has 0 unspecified atom stereocenters. The molecule has 0 spiro atoms. The van der Waals surface area contributed by atoms with Crippen molar-refractivity contribution < 1.29 is 4.39 Å². The van der Waals surface area contributed by atoms with Gasteiger partial charge in [0, 0.05) is 12.2 Å². The van der Waals surface area contributed by atoms with Crippen LogP contribution < -0.4 is 5.32 Å². The minimum atomic E-state index is -0.157. The van der Waals surface area contributed by atoms with E-state index >= 15 is 0 Å². The summed E-state index contributed by atoms with van der Waals surface area (Å²) in [5.74, 6) is -0.157. The normalized spacial score (nSPS) is 10.9. The number of nitrogens with one attached hydrogen (secondary N) is 1. The summed E-state index contributed by atoms with van der Waals surface area (Å²) in [6.07, 6.45) is 0. The van der Waals surface area contributed by atoms with E-state index < -0.39 is 0 Å². The van der Waals surface area contributed by atoms with Crippen LogP contribution in [0.1, 0.15) is 16.1 Å². The van der Waals surface area contributed by atoms with Crippen molar-refractivity contribution >= 4 is 27.2 Å². The maximum Gasteiger partial charge on any atom is 0.126 e. The van der Waals surface area contributed by atoms with Crippen LogP contribution in [0.5, 0.6) is 0 Å². The van der Waals surface area contributed by atoms with E-state index in [1.165, 1.54) is 10.8 Å². The van der Waals surface area contributed by atoms with Crippen molar-refractivity contribution in [2.75, 3.05) is 5.32 Å². The van der Waals surface area contributed by atoms with Crippen molar-refractivity contribution in [3.63, 3.8) is 0 Å². The monoisotopic (exact) mass is 286 g/mol. The van der Waals surface area contributed by atoms with Gasteiger partial charge in [0.25, 0.3) is 0 Å². The Labute approximate surface area is 121 Å². The molecule has 2 nitrogen and oxygen atoms in total. The number of hydrogen-bond donors (Lipinski definition) is 1. The summed E-state index contributed by atoms with van der Waals surface area (Å²) in [5.41, 5.74) is 3.85. The molecule has 1 N–H and O–H groups in total. The van der Waals surface area contributed by atoms with E-state index in [9.17, 15) is 4.39 Å². The molecule has 1 aromatic heterocycles.